The molecule has 1 amide bonds. The number of carbonyl (C=O) groups excluding carboxylic acids is 1. The van der Waals surface area contributed by atoms with Crippen LogP contribution in [0.4, 0.5) is 0 Å². The summed E-state index contributed by atoms with van der Waals surface area (Å²) in [6, 6.07) is 0.430. The van der Waals surface area contributed by atoms with Crippen molar-refractivity contribution >= 4 is 5.91 Å². The molecule has 1 unspecified atom stereocenters. The average molecular weight is 253 g/mol. The van der Waals surface area contributed by atoms with Crippen LogP contribution in [0.2, 0.25) is 0 Å². The van der Waals surface area contributed by atoms with E-state index in [4.69, 9.17) is 5.73 Å². The highest BCUT2D eigenvalue weighted by Gasteiger charge is 2.36. The zero-order valence-corrected chi connectivity index (χ0v) is 11.6. The summed E-state index contributed by atoms with van der Waals surface area (Å²) < 4.78 is 0. The molecule has 4 nitrogen and oxygen atoms in total. The molecule has 0 spiro atoms. The molecule has 18 heavy (non-hydrogen) atoms. The first-order valence-electron chi connectivity index (χ1n) is 7.43. The maximum atomic E-state index is 12.1. The van der Waals surface area contributed by atoms with E-state index in [-0.39, 0.29) is 5.91 Å². The van der Waals surface area contributed by atoms with Gasteiger partial charge in [-0.25, -0.2) is 0 Å². The highest BCUT2D eigenvalue weighted by atomic mass is 16.2. The van der Waals surface area contributed by atoms with Crippen molar-refractivity contribution in [2.24, 2.45) is 5.73 Å². The lowest BCUT2D eigenvalue weighted by Crippen LogP contribution is -2.54. The van der Waals surface area contributed by atoms with Gasteiger partial charge in [-0.1, -0.05) is 19.3 Å². The van der Waals surface area contributed by atoms with Crippen molar-refractivity contribution in [2.75, 3.05) is 19.6 Å². The second-order valence-electron chi connectivity index (χ2n) is 6.02. The zero-order chi connectivity index (χ0) is 13.0. The molecule has 0 aromatic carbocycles. The van der Waals surface area contributed by atoms with Gasteiger partial charge in [0.15, 0.2) is 0 Å². The number of piperidine rings is 1. The summed E-state index contributed by atoms with van der Waals surface area (Å²) in [7, 11) is 0. The van der Waals surface area contributed by atoms with Crippen LogP contribution in [0.5, 0.6) is 0 Å². The largest absolute Gasteiger partial charge is 0.353 e. The lowest BCUT2D eigenvalue weighted by molar-refractivity contribution is -0.126. The second-order valence-corrected chi connectivity index (χ2v) is 6.02. The summed E-state index contributed by atoms with van der Waals surface area (Å²) in [4.78, 5) is 14.6. The number of nitrogens with zero attached hydrogens (tertiary/aromatic N) is 1. The molecule has 1 heterocycles. The van der Waals surface area contributed by atoms with Crippen LogP contribution in [0.1, 0.15) is 51.9 Å². The minimum Gasteiger partial charge on any atom is -0.353 e. The fourth-order valence-corrected chi connectivity index (χ4v) is 3.14. The number of hydrogen-bond acceptors (Lipinski definition) is 3. The van der Waals surface area contributed by atoms with E-state index in [1.54, 1.807) is 0 Å². The Morgan fingerprint density at radius 1 is 1.22 bits per heavy atom. The van der Waals surface area contributed by atoms with Gasteiger partial charge in [0.25, 0.3) is 0 Å². The molecule has 1 aliphatic carbocycles. The van der Waals surface area contributed by atoms with Gasteiger partial charge >= 0.3 is 0 Å². The van der Waals surface area contributed by atoms with Crippen molar-refractivity contribution in [2.45, 2.75) is 63.5 Å². The van der Waals surface area contributed by atoms with Crippen molar-refractivity contribution in [3.8, 4) is 0 Å². The van der Waals surface area contributed by atoms with Crippen molar-refractivity contribution in [3.63, 3.8) is 0 Å². The molecule has 0 aromatic rings. The number of nitrogens with one attached hydrogen (secondary N) is 1. The van der Waals surface area contributed by atoms with E-state index in [1.807, 2.05) is 0 Å². The fourth-order valence-electron chi connectivity index (χ4n) is 3.14. The Hall–Kier alpha value is -0.610. The van der Waals surface area contributed by atoms with E-state index in [1.165, 1.54) is 32.4 Å². The van der Waals surface area contributed by atoms with Crippen LogP contribution in [0, 0.1) is 0 Å². The molecular formula is C14H27N3O. The molecule has 1 saturated carbocycles. The van der Waals surface area contributed by atoms with Crippen molar-refractivity contribution in [1.82, 2.24) is 10.2 Å². The molecule has 0 aromatic heterocycles. The van der Waals surface area contributed by atoms with Gasteiger partial charge in [0, 0.05) is 12.6 Å². The molecule has 2 rings (SSSR count). The Kier molecular flexibility index (Phi) is 4.62. The van der Waals surface area contributed by atoms with Gasteiger partial charge in [-0.3, -0.25) is 9.69 Å². The number of amides is 1. The SMILES string of the molecule is CC(CNC(=O)C1(N)CCCC1)N1CCCCC1. The number of rotatable bonds is 4. The third kappa shape index (κ3) is 3.23. The normalized spacial score (nSPS) is 25.9. The molecule has 4 heteroatoms. The first-order valence-corrected chi connectivity index (χ1v) is 7.43. The maximum absolute atomic E-state index is 12.1. The highest BCUT2D eigenvalue weighted by Crippen LogP contribution is 2.27. The monoisotopic (exact) mass is 253 g/mol. The molecule has 2 aliphatic rings. The lowest BCUT2D eigenvalue weighted by atomic mass is 9.98. The quantitative estimate of drug-likeness (QED) is 0.793. The minimum atomic E-state index is -0.582. The molecule has 1 aliphatic heterocycles. The number of nitrogens with two attached hydrogens (primary N) is 1. The maximum Gasteiger partial charge on any atom is 0.240 e. The number of likely N-dealkylation sites (tertiary alicyclic amines) is 1. The van der Waals surface area contributed by atoms with E-state index in [0.29, 0.717) is 6.04 Å². The van der Waals surface area contributed by atoms with Crippen molar-refractivity contribution in [3.05, 3.63) is 0 Å². The van der Waals surface area contributed by atoms with Crippen LogP contribution in [0.15, 0.2) is 0 Å². The summed E-state index contributed by atoms with van der Waals surface area (Å²) in [5, 5.41) is 3.06. The zero-order valence-electron chi connectivity index (χ0n) is 11.6. The van der Waals surface area contributed by atoms with Crippen LogP contribution in [-0.2, 0) is 4.79 Å². The molecule has 104 valence electrons. The molecule has 1 atom stereocenters. The van der Waals surface area contributed by atoms with Crippen molar-refractivity contribution in [1.29, 1.82) is 0 Å². The van der Waals surface area contributed by atoms with Gasteiger partial charge < -0.3 is 11.1 Å². The van der Waals surface area contributed by atoms with Gasteiger partial charge in [0.05, 0.1) is 5.54 Å². The highest BCUT2D eigenvalue weighted by molar-refractivity contribution is 5.86. The molecule has 0 bridgehead atoms. The van der Waals surface area contributed by atoms with Gasteiger partial charge in [0.2, 0.25) is 5.91 Å². The summed E-state index contributed by atoms with van der Waals surface area (Å²) in [6.45, 7) is 5.27. The molecule has 0 radical (unpaired) electrons. The number of carbonyl (C=O) groups is 1. The Labute approximate surface area is 110 Å². The summed E-state index contributed by atoms with van der Waals surface area (Å²) in [5.74, 6) is 0.0591. The molecular weight excluding hydrogens is 226 g/mol. The minimum absolute atomic E-state index is 0.0591. The first-order chi connectivity index (χ1) is 8.62. The summed E-state index contributed by atoms with van der Waals surface area (Å²) in [5.41, 5.74) is 5.56. The van der Waals surface area contributed by atoms with Gasteiger partial charge in [-0.2, -0.15) is 0 Å². The summed E-state index contributed by atoms with van der Waals surface area (Å²) >= 11 is 0. The summed E-state index contributed by atoms with van der Waals surface area (Å²) in [6.07, 6.45) is 7.80. The fraction of sp³-hybridized carbons (Fsp3) is 0.929. The van der Waals surface area contributed by atoms with Gasteiger partial charge in [-0.05, 0) is 45.7 Å². The first kappa shape index (κ1) is 13.8. The van der Waals surface area contributed by atoms with Crippen LogP contribution in [0.3, 0.4) is 0 Å². The molecule has 1 saturated heterocycles. The van der Waals surface area contributed by atoms with Gasteiger partial charge in [0.1, 0.15) is 0 Å². The van der Waals surface area contributed by atoms with Crippen LogP contribution >= 0.6 is 0 Å². The molecule has 2 fully saturated rings. The van der Waals surface area contributed by atoms with E-state index in [9.17, 15) is 4.79 Å². The van der Waals surface area contributed by atoms with E-state index >= 15 is 0 Å². The third-order valence-corrected chi connectivity index (χ3v) is 4.52. The Bertz CT molecular complexity index is 281. The predicted octanol–water partition coefficient (Wildman–Crippen LogP) is 1.25. The average Bonchev–Trinajstić information content (AvgIpc) is 2.85. The lowest BCUT2D eigenvalue weighted by Gasteiger charge is -2.33. The predicted molar refractivity (Wildman–Crippen MR) is 73.3 cm³/mol. The standard InChI is InChI=1S/C14H27N3O/c1-12(17-9-5-2-6-10-17)11-16-13(18)14(15)7-3-4-8-14/h12H,2-11,15H2,1H3,(H,16,18). The van der Waals surface area contributed by atoms with E-state index in [2.05, 4.69) is 17.1 Å². The van der Waals surface area contributed by atoms with Crippen LogP contribution in [0.25, 0.3) is 0 Å². The Balaban J connectivity index is 1.74. The van der Waals surface area contributed by atoms with Crippen molar-refractivity contribution < 1.29 is 4.79 Å². The topological polar surface area (TPSA) is 58.4 Å². The Morgan fingerprint density at radius 3 is 2.44 bits per heavy atom. The smallest absolute Gasteiger partial charge is 0.240 e. The number of hydrogen-bond donors (Lipinski definition) is 2. The van der Waals surface area contributed by atoms with Crippen LogP contribution in [-0.4, -0.2) is 42.0 Å². The Morgan fingerprint density at radius 2 is 1.83 bits per heavy atom. The van der Waals surface area contributed by atoms with E-state index in [0.717, 1.165) is 32.2 Å². The van der Waals surface area contributed by atoms with E-state index < -0.39 is 5.54 Å². The third-order valence-electron chi connectivity index (χ3n) is 4.52. The molecule has 3 N–H and O–H groups in total. The van der Waals surface area contributed by atoms with Gasteiger partial charge in [-0.15, -0.1) is 0 Å². The second kappa shape index (κ2) is 6.02. The van der Waals surface area contributed by atoms with Crippen LogP contribution < -0.4 is 11.1 Å².